The van der Waals surface area contributed by atoms with Crippen molar-refractivity contribution in [2.24, 2.45) is 0 Å². The summed E-state index contributed by atoms with van der Waals surface area (Å²) in [5.41, 5.74) is 0. The minimum atomic E-state index is -0.750. The van der Waals surface area contributed by atoms with Crippen LogP contribution in [0.4, 0.5) is 0 Å². The van der Waals surface area contributed by atoms with Crippen LogP contribution >= 0.6 is 0 Å². The molecule has 14 heavy (non-hydrogen) atoms. The van der Waals surface area contributed by atoms with Crippen LogP contribution in [0.15, 0.2) is 0 Å². The van der Waals surface area contributed by atoms with E-state index in [2.05, 4.69) is 0 Å². The summed E-state index contributed by atoms with van der Waals surface area (Å²) >= 11 is 0. The van der Waals surface area contributed by atoms with E-state index in [1.807, 2.05) is 13.8 Å². The van der Waals surface area contributed by atoms with Gasteiger partial charge in [-0.2, -0.15) is 0 Å². The Morgan fingerprint density at radius 2 is 1.93 bits per heavy atom. The van der Waals surface area contributed by atoms with Crippen molar-refractivity contribution < 1.29 is 24.1 Å². The molecule has 2 bridgehead atoms. The van der Waals surface area contributed by atoms with Crippen molar-refractivity contribution in [1.29, 1.82) is 0 Å². The largest absolute Gasteiger partial charge is 0.385 e. The fourth-order valence-electron chi connectivity index (χ4n) is 2.32. The summed E-state index contributed by atoms with van der Waals surface area (Å²) in [6.07, 6.45) is -1.93. The third-order valence-corrected chi connectivity index (χ3v) is 2.88. The fourth-order valence-corrected chi connectivity index (χ4v) is 2.32. The van der Waals surface area contributed by atoms with E-state index in [0.717, 1.165) is 0 Å². The highest BCUT2D eigenvalue weighted by molar-refractivity contribution is 4.99. The van der Waals surface area contributed by atoms with Gasteiger partial charge in [0.25, 0.3) is 0 Å². The van der Waals surface area contributed by atoms with Crippen molar-refractivity contribution in [2.75, 3.05) is 6.61 Å². The molecule has 80 valence electrons. The Morgan fingerprint density at radius 1 is 1.21 bits per heavy atom. The standard InChI is InChI=1S/C9H14O5/c1-9(2)13-6-4-3-11-8(12-4)5(10)7(6)14-9/h4-8,10H,3H2,1-2H3/t4-,5+,6+,7-,8+/m0/s1. The topological polar surface area (TPSA) is 57.2 Å². The smallest absolute Gasteiger partial charge is 0.186 e. The molecule has 0 unspecified atom stereocenters. The monoisotopic (exact) mass is 202 g/mol. The average Bonchev–Trinajstić information content (AvgIpc) is 2.64. The maximum absolute atomic E-state index is 9.84. The predicted octanol–water partition coefficient (Wildman–Crippen LogP) is -0.378. The highest BCUT2D eigenvalue weighted by Crippen LogP contribution is 2.40. The van der Waals surface area contributed by atoms with Gasteiger partial charge in [-0.05, 0) is 13.8 Å². The first-order valence-electron chi connectivity index (χ1n) is 4.88. The minimum absolute atomic E-state index is 0.102. The summed E-state index contributed by atoms with van der Waals surface area (Å²) < 4.78 is 22.0. The van der Waals surface area contributed by atoms with Crippen molar-refractivity contribution in [3.05, 3.63) is 0 Å². The average molecular weight is 202 g/mol. The van der Waals surface area contributed by atoms with E-state index < -0.39 is 18.2 Å². The first-order valence-corrected chi connectivity index (χ1v) is 4.88. The van der Waals surface area contributed by atoms with Gasteiger partial charge in [0, 0.05) is 0 Å². The molecule has 5 nitrogen and oxygen atoms in total. The Hall–Kier alpha value is -0.200. The van der Waals surface area contributed by atoms with Gasteiger partial charge in [0.15, 0.2) is 12.1 Å². The zero-order valence-electron chi connectivity index (χ0n) is 8.17. The molecular weight excluding hydrogens is 188 g/mol. The number of aliphatic hydroxyl groups excluding tert-OH is 1. The van der Waals surface area contributed by atoms with Crippen LogP contribution in [0, 0.1) is 0 Å². The molecule has 0 radical (unpaired) electrons. The fraction of sp³-hybridized carbons (Fsp3) is 1.00. The lowest BCUT2D eigenvalue weighted by Gasteiger charge is -2.31. The Morgan fingerprint density at radius 3 is 2.71 bits per heavy atom. The van der Waals surface area contributed by atoms with Crippen molar-refractivity contribution >= 4 is 0 Å². The number of hydrogen-bond donors (Lipinski definition) is 1. The van der Waals surface area contributed by atoms with E-state index in [4.69, 9.17) is 18.9 Å². The number of fused-ring (bicyclic) bond motifs is 4. The van der Waals surface area contributed by atoms with E-state index in [1.165, 1.54) is 0 Å². The van der Waals surface area contributed by atoms with E-state index in [0.29, 0.717) is 6.61 Å². The van der Waals surface area contributed by atoms with E-state index >= 15 is 0 Å². The molecule has 0 aliphatic carbocycles. The van der Waals surface area contributed by atoms with Crippen LogP contribution in [0.1, 0.15) is 13.8 Å². The first-order chi connectivity index (χ1) is 6.57. The maximum atomic E-state index is 9.84. The minimum Gasteiger partial charge on any atom is -0.385 e. The molecule has 3 aliphatic heterocycles. The molecule has 3 saturated heterocycles. The van der Waals surface area contributed by atoms with Gasteiger partial charge in [0.05, 0.1) is 6.61 Å². The zero-order chi connectivity index (χ0) is 9.92. The normalized spacial score (nSPS) is 54.6. The van der Waals surface area contributed by atoms with E-state index in [9.17, 15) is 5.11 Å². The van der Waals surface area contributed by atoms with Crippen LogP contribution in [0.2, 0.25) is 0 Å². The van der Waals surface area contributed by atoms with Crippen LogP contribution in [0.5, 0.6) is 0 Å². The van der Waals surface area contributed by atoms with Gasteiger partial charge in [0.1, 0.15) is 24.4 Å². The predicted molar refractivity (Wildman–Crippen MR) is 44.4 cm³/mol. The molecule has 3 fully saturated rings. The van der Waals surface area contributed by atoms with Gasteiger partial charge in [0.2, 0.25) is 0 Å². The maximum Gasteiger partial charge on any atom is 0.186 e. The van der Waals surface area contributed by atoms with Gasteiger partial charge >= 0.3 is 0 Å². The number of aliphatic hydroxyl groups is 1. The van der Waals surface area contributed by atoms with Gasteiger partial charge in [-0.15, -0.1) is 0 Å². The van der Waals surface area contributed by atoms with Gasteiger partial charge in [-0.25, -0.2) is 0 Å². The second kappa shape index (κ2) is 2.68. The van der Waals surface area contributed by atoms with Crippen LogP contribution in [0.25, 0.3) is 0 Å². The van der Waals surface area contributed by atoms with Crippen molar-refractivity contribution in [3.63, 3.8) is 0 Å². The Labute approximate surface area is 81.9 Å². The van der Waals surface area contributed by atoms with Gasteiger partial charge in [-0.3, -0.25) is 0 Å². The van der Waals surface area contributed by atoms with Gasteiger partial charge in [-0.1, -0.05) is 0 Å². The Balaban J connectivity index is 1.88. The number of ether oxygens (including phenoxy) is 4. The van der Waals surface area contributed by atoms with Crippen molar-refractivity contribution in [3.8, 4) is 0 Å². The molecule has 5 atom stereocenters. The van der Waals surface area contributed by atoms with Crippen LogP contribution in [0.3, 0.4) is 0 Å². The summed E-state index contributed by atoms with van der Waals surface area (Å²) in [5.74, 6) is -0.635. The summed E-state index contributed by atoms with van der Waals surface area (Å²) in [7, 11) is 0. The Bertz CT molecular complexity index is 246. The van der Waals surface area contributed by atoms with Crippen LogP contribution in [-0.2, 0) is 18.9 Å². The Kier molecular flexibility index (Phi) is 1.73. The molecule has 3 aliphatic rings. The lowest BCUT2D eigenvalue weighted by Crippen LogP contribution is -2.52. The third kappa shape index (κ3) is 1.14. The van der Waals surface area contributed by atoms with Gasteiger partial charge < -0.3 is 24.1 Å². The molecule has 3 heterocycles. The molecular formula is C9H14O5. The third-order valence-electron chi connectivity index (χ3n) is 2.88. The number of rotatable bonds is 0. The van der Waals surface area contributed by atoms with Crippen LogP contribution in [-0.4, -0.2) is 48.2 Å². The van der Waals surface area contributed by atoms with E-state index in [1.54, 1.807) is 0 Å². The van der Waals surface area contributed by atoms with Crippen molar-refractivity contribution in [2.45, 2.75) is 50.3 Å². The highest BCUT2D eigenvalue weighted by Gasteiger charge is 2.57. The van der Waals surface area contributed by atoms with Crippen molar-refractivity contribution in [1.82, 2.24) is 0 Å². The van der Waals surface area contributed by atoms with Crippen LogP contribution < -0.4 is 0 Å². The molecule has 0 aromatic rings. The zero-order valence-corrected chi connectivity index (χ0v) is 8.17. The second-order valence-corrected chi connectivity index (χ2v) is 4.43. The molecule has 0 aromatic carbocycles. The van der Waals surface area contributed by atoms with E-state index in [-0.39, 0.29) is 18.3 Å². The summed E-state index contributed by atoms with van der Waals surface area (Å²) in [4.78, 5) is 0. The molecule has 3 rings (SSSR count). The number of hydrogen-bond acceptors (Lipinski definition) is 5. The molecule has 0 saturated carbocycles. The lowest BCUT2D eigenvalue weighted by molar-refractivity contribution is -0.204. The SMILES string of the molecule is CC1(C)O[C@H]2[C@@H](O)[C@@H]3OC[C@H](O3)[C@H]2O1. The second-order valence-electron chi connectivity index (χ2n) is 4.43. The molecule has 0 aromatic heterocycles. The molecule has 0 amide bonds. The lowest BCUT2D eigenvalue weighted by atomic mass is 10.0. The molecule has 5 heteroatoms. The summed E-state index contributed by atoms with van der Waals surface area (Å²) in [6.45, 7) is 4.15. The summed E-state index contributed by atoms with van der Waals surface area (Å²) in [5, 5.41) is 9.84. The highest BCUT2D eigenvalue weighted by atomic mass is 16.8. The quantitative estimate of drug-likeness (QED) is 0.580. The molecule has 0 spiro atoms. The molecule has 1 N–H and O–H groups in total. The first kappa shape index (κ1) is 9.06. The summed E-state index contributed by atoms with van der Waals surface area (Å²) in [6, 6.07) is 0.